The molecule has 6 heteroatoms. The number of hydrogen-bond donors (Lipinski definition) is 2. The summed E-state index contributed by atoms with van der Waals surface area (Å²) in [5.74, 6) is 0.206. The van der Waals surface area contributed by atoms with Gasteiger partial charge in [0.05, 0.1) is 23.7 Å². The Hall–Kier alpha value is -2.73. The van der Waals surface area contributed by atoms with Crippen LogP contribution in [0.4, 0.5) is 0 Å². The highest BCUT2D eigenvalue weighted by Gasteiger charge is 2.10. The van der Waals surface area contributed by atoms with Gasteiger partial charge in [-0.25, -0.2) is 5.43 Å². The van der Waals surface area contributed by atoms with Gasteiger partial charge in [0, 0.05) is 21.4 Å². The Bertz CT molecular complexity index is 890. The molecule has 0 fully saturated rings. The van der Waals surface area contributed by atoms with Crippen LogP contribution in [0, 0.1) is 6.92 Å². The van der Waals surface area contributed by atoms with Crippen molar-refractivity contribution >= 4 is 23.5 Å². The highest BCUT2D eigenvalue weighted by molar-refractivity contribution is 7.10. The van der Waals surface area contributed by atoms with Crippen molar-refractivity contribution in [3.8, 4) is 11.3 Å². The van der Waals surface area contributed by atoms with Crippen LogP contribution < -0.4 is 5.43 Å². The Balaban J connectivity index is 1.69. The number of nitrogens with zero attached hydrogens (tertiary/aromatic N) is 2. The summed E-state index contributed by atoms with van der Waals surface area (Å²) < 4.78 is 0. The fourth-order valence-electron chi connectivity index (χ4n) is 2.34. The van der Waals surface area contributed by atoms with Crippen LogP contribution in [0.25, 0.3) is 11.3 Å². The van der Waals surface area contributed by atoms with E-state index < -0.39 is 0 Å². The van der Waals surface area contributed by atoms with Crippen molar-refractivity contribution in [3.05, 3.63) is 63.5 Å². The van der Waals surface area contributed by atoms with Gasteiger partial charge in [-0.05, 0) is 18.9 Å². The second-order valence-corrected chi connectivity index (χ2v) is 7.10. The minimum Gasteiger partial charge on any atom is -0.277 e. The van der Waals surface area contributed by atoms with Gasteiger partial charge in [0.15, 0.2) is 0 Å². The second kappa shape index (κ2) is 7.44. The number of aromatic nitrogens is 2. The lowest BCUT2D eigenvalue weighted by molar-refractivity contribution is 0.0955. The van der Waals surface area contributed by atoms with Crippen LogP contribution in [0.15, 0.2) is 47.0 Å². The Kier molecular flexibility index (Phi) is 5.09. The number of amides is 1. The normalized spacial score (nSPS) is 11.4. The van der Waals surface area contributed by atoms with Gasteiger partial charge >= 0.3 is 0 Å². The van der Waals surface area contributed by atoms with Crippen LogP contribution in [0.2, 0.25) is 0 Å². The van der Waals surface area contributed by atoms with Gasteiger partial charge in [0.25, 0.3) is 5.91 Å². The maximum atomic E-state index is 12.2. The number of rotatable bonds is 5. The molecule has 0 radical (unpaired) electrons. The molecule has 0 saturated carbocycles. The summed E-state index contributed by atoms with van der Waals surface area (Å²) in [6.45, 7) is 6.26. The zero-order valence-corrected chi connectivity index (χ0v) is 15.2. The van der Waals surface area contributed by atoms with E-state index in [1.54, 1.807) is 23.7 Å². The molecule has 0 aliphatic carbocycles. The molecule has 3 aromatic rings. The van der Waals surface area contributed by atoms with Gasteiger partial charge in [-0.3, -0.25) is 9.89 Å². The van der Waals surface area contributed by atoms with Crippen LogP contribution in [0.1, 0.15) is 46.1 Å². The Morgan fingerprint density at radius 2 is 2.08 bits per heavy atom. The Labute approximate surface area is 150 Å². The number of aromatic amines is 1. The molecule has 0 spiro atoms. The van der Waals surface area contributed by atoms with Crippen molar-refractivity contribution in [3.63, 3.8) is 0 Å². The molecule has 3 rings (SSSR count). The molecule has 1 aromatic carbocycles. The lowest BCUT2D eigenvalue weighted by atomic mass is 10.1. The Morgan fingerprint density at radius 1 is 1.32 bits per heavy atom. The fraction of sp³-hybridized carbons (Fsp3) is 0.211. The molecule has 0 bridgehead atoms. The predicted octanol–water partition coefficient (Wildman–Crippen LogP) is 4.33. The Morgan fingerprint density at radius 3 is 2.76 bits per heavy atom. The minimum atomic E-state index is -0.209. The summed E-state index contributed by atoms with van der Waals surface area (Å²) in [6, 6.07) is 10.1. The third-order valence-corrected chi connectivity index (χ3v) is 5.06. The zero-order chi connectivity index (χ0) is 17.8. The first-order valence-corrected chi connectivity index (χ1v) is 8.95. The fourth-order valence-corrected chi connectivity index (χ4v) is 3.25. The SMILES string of the molecule is Cc1ccc(-c2[nH]ncc2/C=N/NC(=O)c2csc(C(C)C)c2)cc1. The molecule has 128 valence electrons. The summed E-state index contributed by atoms with van der Waals surface area (Å²) in [5.41, 5.74) is 7.12. The van der Waals surface area contributed by atoms with Crippen LogP contribution in [0.5, 0.6) is 0 Å². The topological polar surface area (TPSA) is 70.1 Å². The first-order valence-electron chi connectivity index (χ1n) is 8.07. The highest BCUT2D eigenvalue weighted by atomic mass is 32.1. The van der Waals surface area contributed by atoms with E-state index in [2.05, 4.69) is 34.6 Å². The van der Waals surface area contributed by atoms with Crippen molar-refractivity contribution in [1.29, 1.82) is 0 Å². The number of nitrogens with one attached hydrogen (secondary N) is 2. The van der Waals surface area contributed by atoms with E-state index in [0.29, 0.717) is 11.5 Å². The first-order chi connectivity index (χ1) is 12.0. The number of hydrazone groups is 1. The maximum Gasteiger partial charge on any atom is 0.272 e. The molecule has 0 aliphatic rings. The summed E-state index contributed by atoms with van der Waals surface area (Å²) in [4.78, 5) is 13.3. The lowest BCUT2D eigenvalue weighted by Crippen LogP contribution is -2.16. The van der Waals surface area contributed by atoms with E-state index in [1.807, 2.05) is 42.6 Å². The highest BCUT2D eigenvalue weighted by Crippen LogP contribution is 2.23. The van der Waals surface area contributed by atoms with Crippen LogP contribution in [0.3, 0.4) is 0 Å². The van der Waals surface area contributed by atoms with E-state index in [4.69, 9.17) is 0 Å². The quantitative estimate of drug-likeness (QED) is 0.530. The number of carbonyl (C=O) groups excluding carboxylic acids is 1. The van der Waals surface area contributed by atoms with E-state index >= 15 is 0 Å². The molecule has 5 nitrogen and oxygen atoms in total. The minimum absolute atomic E-state index is 0.209. The monoisotopic (exact) mass is 352 g/mol. The molecule has 25 heavy (non-hydrogen) atoms. The van der Waals surface area contributed by atoms with Crippen molar-refractivity contribution in [2.24, 2.45) is 5.10 Å². The number of H-pyrrole nitrogens is 1. The van der Waals surface area contributed by atoms with Gasteiger partial charge in [-0.15, -0.1) is 11.3 Å². The second-order valence-electron chi connectivity index (χ2n) is 6.16. The summed E-state index contributed by atoms with van der Waals surface area (Å²) in [7, 11) is 0. The van der Waals surface area contributed by atoms with Crippen molar-refractivity contribution in [2.75, 3.05) is 0 Å². The van der Waals surface area contributed by atoms with Crippen molar-refractivity contribution in [2.45, 2.75) is 26.7 Å². The number of aryl methyl sites for hydroxylation is 1. The zero-order valence-electron chi connectivity index (χ0n) is 14.4. The van der Waals surface area contributed by atoms with E-state index in [1.165, 1.54) is 10.4 Å². The molecular weight excluding hydrogens is 332 g/mol. The van der Waals surface area contributed by atoms with Crippen LogP contribution in [-0.2, 0) is 0 Å². The largest absolute Gasteiger partial charge is 0.277 e. The van der Waals surface area contributed by atoms with E-state index in [-0.39, 0.29) is 5.91 Å². The molecule has 2 aromatic heterocycles. The van der Waals surface area contributed by atoms with Gasteiger partial charge in [-0.1, -0.05) is 43.7 Å². The predicted molar refractivity (Wildman–Crippen MR) is 102 cm³/mol. The maximum absolute atomic E-state index is 12.2. The summed E-state index contributed by atoms with van der Waals surface area (Å²) >= 11 is 1.59. The van der Waals surface area contributed by atoms with E-state index in [0.717, 1.165) is 16.8 Å². The van der Waals surface area contributed by atoms with Crippen LogP contribution in [-0.4, -0.2) is 22.3 Å². The van der Waals surface area contributed by atoms with Gasteiger partial charge in [-0.2, -0.15) is 10.2 Å². The lowest BCUT2D eigenvalue weighted by Gasteiger charge is -2.01. The average molecular weight is 352 g/mol. The molecule has 0 aliphatic heterocycles. The molecule has 0 saturated heterocycles. The van der Waals surface area contributed by atoms with Gasteiger partial charge in [0.1, 0.15) is 0 Å². The molecule has 0 atom stereocenters. The third-order valence-electron chi connectivity index (χ3n) is 3.83. The van der Waals surface area contributed by atoms with Gasteiger partial charge in [0.2, 0.25) is 0 Å². The van der Waals surface area contributed by atoms with Crippen LogP contribution >= 0.6 is 11.3 Å². The third kappa shape index (κ3) is 4.03. The van der Waals surface area contributed by atoms with E-state index in [9.17, 15) is 4.79 Å². The number of hydrogen-bond acceptors (Lipinski definition) is 4. The molecular formula is C19H20N4OS. The first kappa shape index (κ1) is 17.1. The molecule has 2 N–H and O–H groups in total. The van der Waals surface area contributed by atoms with Crippen molar-refractivity contribution < 1.29 is 4.79 Å². The smallest absolute Gasteiger partial charge is 0.272 e. The van der Waals surface area contributed by atoms with Gasteiger partial charge < -0.3 is 0 Å². The number of carbonyl (C=O) groups is 1. The molecule has 2 heterocycles. The van der Waals surface area contributed by atoms with Crippen molar-refractivity contribution in [1.82, 2.24) is 15.6 Å². The molecule has 0 unspecified atom stereocenters. The summed E-state index contributed by atoms with van der Waals surface area (Å²) in [6.07, 6.45) is 3.29. The number of benzene rings is 1. The molecule has 1 amide bonds. The average Bonchev–Trinajstić information content (AvgIpc) is 3.25. The summed E-state index contributed by atoms with van der Waals surface area (Å²) in [5, 5.41) is 13.0. The number of thiophene rings is 1. The standard InChI is InChI=1S/C19H20N4OS/c1-12(2)17-8-15(11-25-17)19(24)23-21-10-16-9-20-22-18(16)14-6-4-13(3)5-7-14/h4-12H,1-3H3,(H,20,22)(H,23,24)/b21-10+.